The summed E-state index contributed by atoms with van der Waals surface area (Å²) in [5, 5.41) is 0. The molecule has 1 unspecified atom stereocenters. The smallest absolute Gasteiger partial charge is 0.140 e. The molecule has 0 amide bonds. The molecule has 1 rings (SSSR count). The maximum Gasteiger partial charge on any atom is 0.140 e. The van der Waals surface area contributed by atoms with Crippen molar-refractivity contribution in [2.24, 2.45) is 4.99 Å². The van der Waals surface area contributed by atoms with Crippen LogP contribution in [0.3, 0.4) is 0 Å². The second-order valence-corrected chi connectivity index (χ2v) is 4.38. The molecule has 1 atom stereocenters. The van der Waals surface area contributed by atoms with Crippen molar-refractivity contribution >= 4 is 22.6 Å². The molecule has 0 aliphatic rings. The fourth-order valence-corrected chi connectivity index (χ4v) is 1.86. The van der Waals surface area contributed by atoms with Crippen LogP contribution < -0.4 is 0 Å². The maximum atomic E-state index is 13.6. The Morgan fingerprint density at radius 1 is 1.41 bits per heavy atom. The van der Waals surface area contributed by atoms with E-state index in [9.17, 15) is 8.78 Å². The summed E-state index contributed by atoms with van der Waals surface area (Å²) in [4.78, 5) is 3.63. The van der Waals surface area contributed by atoms with Gasteiger partial charge in [-0.1, -0.05) is 19.6 Å². The summed E-state index contributed by atoms with van der Waals surface area (Å²) < 4.78 is 27.0. The lowest BCUT2D eigenvalue weighted by molar-refractivity contribution is 0.564. The molecule has 0 spiro atoms. The van der Waals surface area contributed by atoms with Crippen LogP contribution in [0.15, 0.2) is 46.0 Å². The van der Waals surface area contributed by atoms with E-state index in [0.717, 1.165) is 11.6 Å². The van der Waals surface area contributed by atoms with Crippen LogP contribution in [0.1, 0.15) is 18.4 Å². The number of hydrogen-bond acceptors (Lipinski definition) is 1. The van der Waals surface area contributed by atoms with Gasteiger partial charge in [-0.25, -0.2) is 8.78 Å². The first-order valence-corrected chi connectivity index (χ1v) is 5.73. The largest absolute Gasteiger partial charge is 0.272 e. The molecule has 0 fully saturated rings. The van der Waals surface area contributed by atoms with Crippen LogP contribution in [0.25, 0.3) is 0 Å². The minimum absolute atomic E-state index is 0.232. The highest BCUT2D eigenvalue weighted by atomic mass is 79.9. The van der Waals surface area contributed by atoms with Crippen LogP contribution in [0.4, 0.5) is 8.78 Å². The lowest BCUT2D eigenvalue weighted by Gasteiger charge is -2.14. The highest BCUT2D eigenvalue weighted by Gasteiger charge is 2.16. The van der Waals surface area contributed by atoms with Crippen molar-refractivity contribution in [3.05, 3.63) is 58.2 Å². The number of hydrogen-bond donors (Lipinski definition) is 0. The zero-order chi connectivity index (χ0) is 13.0. The average molecular weight is 300 g/mol. The van der Waals surface area contributed by atoms with Crippen molar-refractivity contribution in [2.45, 2.75) is 12.8 Å². The second kappa shape index (κ2) is 5.87. The predicted octanol–water partition coefficient (Wildman–Crippen LogP) is 4.60. The molecule has 0 N–H and O–H groups in total. The topological polar surface area (TPSA) is 12.4 Å². The van der Waals surface area contributed by atoms with Crippen molar-refractivity contribution in [3.8, 4) is 0 Å². The molecule has 0 saturated heterocycles. The fraction of sp³-hybridized carbons (Fsp3) is 0.154. The number of benzene rings is 1. The van der Waals surface area contributed by atoms with Crippen molar-refractivity contribution in [1.29, 1.82) is 0 Å². The molecule has 0 heterocycles. The lowest BCUT2D eigenvalue weighted by Crippen LogP contribution is -2.01. The Morgan fingerprint density at radius 3 is 2.59 bits per heavy atom. The monoisotopic (exact) mass is 299 g/mol. The molecule has 0 aliphatic heterocycles. The molecule has 0 aromatic heterocycles. The summed E-state index contributed by atoms with van der Waals surface area (Å²) in [5.41, 5.74) is 1.10. The average Bonchev–Trinajstić information content (AvgIpc) is 2.30. The van der Waals surface area contributed by atoms with Crippen molar-refractivity contribution in [2.75, 3.05) is 0 Å². The van der Waals surface area contributed by atoms with Gasteiger partial charge in [0.2, 0.25) is 0 Å². The van der Waals surface area contributed by atoms with Gasteiger partial charge in [-0.3, -0.25) is 4.99 Å². The van der Waals surface area contributed by atoms with Gasteiger partial charge >= 0.3 is 0 Å². The first kappa shape index (κ1) is 13.8. The first-order chi connectivity index (χ1) is 8.01. The van der Waals surface area contributed by atoms with Gasteiger partial charge in [-0.2, -0.15) is 0 Å². The van der Waals surface area contributed by atoms with Crippen LogP contribution in [-0.4, -0.2) is 6.72 Å². The Hall–Kier alpha value is -1.29. The van der Waals surface area contributed by atoms with E-state index in [0.29, 0.717) is 5.56 Å². The minimum Gasteiger partial charge on any atom is -0.272 e. The predicted molar refractivity (Wildman–Crippen MR) is 70.3 cm³/mol. The first-order valence-electron chi connectivity index (χ1n) is 4.94. The molecular weight excluding hydrogens is 288 g/mol. The standard InChI is InChI=1S/C13H12BrF2N/c1-4-9(7-17-3)8(2)10-5-11(14)13(16)6-12(10)15/h4-8H,1,3H2,2H3/b9-7+. The quantitative estimate of drug-likeness (QED) is 0.438. The molecule has 1 aromatic carbocycles. The van der Waals surface area contributed by atoms with Gasteiger partial charge in [0.15, 0.2) is 0 Å². The van der Waals surface area contributed by atoms with E-state index in [1.54, 1.807) is 13.0 Å². The minimum atomic E-state index is -0.621. The molecule has 17 heavy (non-hydrogen) atoms. The summed E-state index contributed by atoms with van der Waals surface area (Å²) in [6.07, 6.45) is 3.09. The third-order valence-corrected chi connectivity index (χ3v) is 3.09. The van der Waals surface area contributed by atoms with Gasteiger partial charge in [-0.05, 0) is 39.9 Å². The van der Waals surface area contributed by atoms with E-state index in [-0.39, 0.29) is 10.4 Å². The SMILES string of the molecule is C=C/C(=C\N=C)C(C)c1cc(Br)c(F)cc1F. The number of nitrogens with zero attached hydrogens (tertiary/aromatic N) is 1. The zero-order valence-electron chi connectivity index (χ0n) is 9.38. The molecule has 0 saturated carbocycles. The van der Waals surface area contributed by atoms with Gasteiger partial charge in [0.1, 0.15) is 11.6 Å². The van der Waals surface area contributed by atoms with Crippen LogP contribution in [0, 0.1) is 11.6 Å². The van der Waals surface area contributed by atoms with E-state index >= 15 is 0 Å². The van der Waals surface area contributed by atoms with E-state index in [2.05, 4.69) is 34.2 Å². The Morgan fingerprint density at radius 2 is 2.06 bits per heavy atom. The van der Waals surface area contributed by atoms with E-state index in [1.165, 1.54) is 12.3 Å². The summed E-state index contributed by atoms with van der Waals surface area (Å²) >= 11 is 3.04. The Kier molecular flexibility index (Phi) is 4.75. The highest BCUT2D eigenvalue weighted by molar-refractivity contribution is 9.10. The van der Waals surface area contributed by atoms with Crippen molar-refractivity contribution in [3.63, 3.8) is 0 Å². The van der Waals surface area contributed by atoms with Gasteiger partial charge < -0.3 is 0 Å². The van der Waals surface area contributed by atoms with Gasteiger partial charge in [0.05, 0.1) is 4.47 Å². The van der Waals surface area contributed by atoms with Gasteiger partial charge in [0.25, 0.3) is 0 Å². The normalized spacial score (nSPS) is 13.3. The molecule has 90 valence electrons. The summed E-state index contributed by atoms with van der Waals surface area (Å²) in [7, 11) is 0. The number of rotatable bonds is 4. The van der Waals surface area contributed by atoms with E-state index in [1.807, 2.05) is 0 Å². The Balaban J connectivity index is 3.24. The van der Waals surface area contributed by atoms with Crippen molar-refractivity contribution < 1.29 is 8.78 Å². The fourth-order valence-electron chi connectivity index (χ4n) is 1.50. The molecule has 0 radical (unpaired) electrons. The van der Waals surface area contributed by atoms with Crippen molar-refractivity contribution in [1.82, 2.24) is 0 Å². The molecule has 0 bridgehead atoms. The number of halogens is 3. The van der Waals surface area contributed by atoms with Crippen LogP contribution in [-0.2, 0) is 0 Å². The van der Waals surface area contributed by atoms with Crippen LogP contribution >= 0.6 is 15.9 Å². The second-order valence-electron chi connectivity index (χ2n) is 3.53. The van der Waals surface area contributed by atoms with E-state index < -0.39 is 11.6 Å². The maximum absolute atomic E-state index is 13.6. The Bertz CT molecular complexity index is 481. The molecule has 0 aliphatic carbocycles. The lowest BCUT2D eigenvalue weighted by atomic mass is 9.93. The van der Waals surface area contributed by atoms with Crippen LogP contribution in [0.2, 0.25) is 0 Å². The summed E-state index contributed by atoms with van der Waals surface area (Å²) in [5.74, 6) is -1.48. The molecule has 1 nitrogen and oxygen atoms in total. The highest BCUT2D eigenvalue weighted by Crippen LogP contribution is 2.30. The number of aliphatic imine (C=N–C) groups is 1. The van der Waals surface area contributed by atoms with Gasteiger partial charge in [0, 0.05) is 18.2 Å². The molecule has 1 aromatic rings. The van der Waals surface area contributed by atoms with E-state index in [4.69, 9.17) is 0 Å². The third-order valence-electron chi connectivity index (χ3n) is 2.48. The van der Waals surface area contributed by atoms with Crippen LogP contribution in [0.5, 0.6) is 0 Å². The van der Waals surface area contributed by atoms with Gasteiger partial charge in [-0.15, -0.1) is 0 Å². The summed E-state index contributed by atoms with van der Waals surface area (Å²) in [6, 6.07) is 2.29. The number of allylic oxidation sites excluding steroid dienone is 2. The molecule has 4 heteroatoms. The summed E-state index contributed by atoms with van der Waals surface area (Å²) in [6.45, 7) is 8.77. The Labute approximate surface area is 108 Å². The zero-order valence-corrected chi connectivity index (χ0v) is 11.0. The third kappa shape index (κ3) is 3.09. The molecular formula is C13H12BrF2N.